The van der Waals surface area contributed by atoms with Crippen LogP contribution in [0.3, 0.4) is 0 Å². The smallest absolute Gasteiger partial charge is 0.208 e. The van der Waals surface area contributed by atoms with E-state index >= 15 is 0 Å². The minimum atomic E-state index is -3.59. The Morgan fingerprint density at radius 1 is 0.821 bits per heavy atom. The predicted octanol–water partition coefficient (Wildman–Crippen LogP) is 2.31. The number of rotatable bonds is 5. The molecule has 0 spiro atoms. The van der Waals surface area contributed by atoms with Gasteiger partial charge in [-0.3, -0.25) is 0 Å². The highest BCUT2D eigenvalue weighted by atomic mass is 32.2. The Morgan fingerprint density at radius 3 is 2.21 bits per heavy atom. The van der Waals surface area contributed by atoms with Crippen LogP contribution in [0.4, 0.5) is 0 Å². The number of fused-ring (bicyclic) bond motifs is 1. The number of hydrogen-bond acceptors (Lipinski definition) is 4. The summed E-state index contributed by atoms with van der Waals surface area (Å²) in [5.74, 6) is 0. The van der Waals surface area contributed by atoms with Crippen LogP contribution in [0.2, 0.25) is 0 Å². The van der Waals surface area contributed by atoms with Gasteiger partial charge in [0.2, 0.25) is 20.0 Å². The third-order valence-corrected chi connectivity index (χ3v) is 8.97. The number of piperidine rings is 1. The standard InChI is InChI=1S/C20H24N2O4S2/c23-27(24,19-7-2-1-3-8-19)21-18-11-13-22(14-12-18)28(25,26)20-10-9-16-5-4-6-17(16)15-20/h1-3,7-10,15,18,21H,4-6,11-14H2. The van der Waals surface area contributed by atoms with Crippen molar-refractivity contribution in [3.8, 4) is 0 Å². The van der Waals surface area contributed by atoms with Crippen LogP contribution in [-0.4, -0.2) is 40.3 Å². The number of sulfonamides is 2. The van der Waals surface area contributed by atoms with Crippen LogP contribution in [0.1, 0.15) is 30.4 Å². The van der Waals surface area contributed by atoms with Gasteiger partial charge >= 0.3 is 0 Å². The molecule has 0 amide bonds. The maximum atomic E-state index is 13.0. The Balaban J connectivity index is 1.42. The Labute approximate surface area is 166 Å². The maximum absolute atomic E-state index is 13.0. The molecule has 2 aromatic carbocycles. The lowest BCUT2D eigenvalue weighted by Gasteiger charge is -2.31. The van der Waals surface area contributed by atoms with Crippen LogP contribution in [0, 0.1) is 0 Å². The van der Waals surface area contributed by atoms with Crippen molar-refractivity contribution in [1.29, 1.82) is 0 Å². The lowest BCUT2D eigenvalue weighted by molar-refractivity contribution is 0.308. The van der Waals surface area contributed by atoms with Crippen molar-refractivity contribution >= 4 is 20.0 Å². The number of hydrogen-bond donors (Lipinski definition) is 1. The van der Waals surface area contributed by atoms with Crippen LogP contribution in [0.15, 0.2) is 58.3 Å². The molecule has 1 aliphatic carbocycles. The van der Waals surface area contributed by atoms with Gasteiger partial charge in [0.15, 0.2) is 0 Å². The number of nitrogens with zero attached hydrogens (tertiary/aromatic N) is 1. The van der Waals surface area contributed by atoms with Gasteiger partial charge in [0, 0.05) is 19.1 Å². The molecule has 4 rings (SSSR count). The molecule has 0 radical (unpaired) electrons. The van der Waals surface area contributed by atoms with Crippen molar-refractivity contribution in [2.24, 2.45) is 0 Å². The highest BCUT2D eigenvalue weighted by Gasteiger charge is 2.31. The molecule has 150 valence electrons. The van der Waals surface area contributed by atoms with Crippen molar-refractivity contribution in [3.05, 3.63) is 59.7 Å². The molecule has 1 fully saturated rings. The summed E-state index contributed by atoms with van der Waals surface area (Å²) in [7, 11) is -7.14. The lowest BCUT2D eigenvalue weighted by atomic mass is 10.1. The van der Waals surface area contributed by atoms with Gasteiger partial charge < -0.3 is 0 Å². The van der Waals surface area contributed by atoms with Crippen LogP contribution in [0.25, 0.3) is 0 Å². The quantitative estimate of drug-likeness (QED) is 0.805. The van der Waals surface area contributed by atoms with E-state index in [1.807, 2.05) is 12.1 Å². The van der Waals surface area contributed by atoms with Crippen molar-refractivity contribution in [1.82, 2.24) is 9.03 Å². The molecule has 1 aliphatic heterocycles. The summed E-state index contributed by atoms with van der Waals surface area (Å²) in [6, 6.07) is 13.4. The fourth-order valence-electron chi connectivity index (χ4n) is 3.96. The minimum absolute atomic E-state index is 0.225. The molecule has 0 unspecified atom stereocenters. The van der Waals surface area contributed by atoms with E-state index in [1.165, 1.54) is 9.87 Å². The molecule has 1 heterocycles. The van der Waals surface area contributed by atoms with Crippen LogP contribution < -0.4 is 4.72 Å². The van der Waals surface area contributed by atoms with Gasteiger partial charge in [0.25, 0.3) is 0 Å². The summed E-state index contributed by atoms with van der Waals surface area (Å²) in [6.45, 7) is 0.614. The van der Waals surface area contributed by atoms with Gasteiger partial charge in [0.1, 0.15) is 0 Å². The molecule has 2 aliphatic rings. The predicted molar refractivity (Wildman–Crippen MR) is 107 cm³/mol. The van der Waals surface area contributed by atoms with Crippen molar-refractivity contribution in [2.75, 3.05) is 13.1 Å². The summed E-state index contributed by atoms with van der Waals surface area (Å²) >= 11 is 0. The summed E-state index contributed by atoms with van der Waals surface area (Å²) in [5, 5.41) is 0. The molecular weight excluding hydrogens is 396 g/mol. The van der Waals surface area contributed by atoms with Crippen LogP contribution >= 0.6 is 0 Å². The molecule has 0 bridgehead atoms. The van der Waals surface area contributed by atoms with E-state index in [1.54, 1.807) is 36.4 Å². The summed E-state index contributed by atoms with van der Waals surface area (Å²) in [6.07, 6.45) is 3.93. The van der Waals surface area contributed by atoms with Gasteiger partial charge in [-0.1, -0.05) is 24.3 Å². The fourth-order valence-corrected chi connectivity index (χ4v) is 6.81. The average Bonchev–Trinajstić information content (AvgIpc) is 3.17. The van der Waals surface area contributed by atoms with Crippen molar-refractivity contribution in [3.63, 3.8) is 0 Å². The van der Waals surface area contributed by atoms with Crippen LogP contribution in [-0.2, 0) is 32.9 Å². The summed E-state index contributed by atoms with van der Waals surface area (Å²) in [4.78, 5) is 0.569. The van der Waals surface area contributed by atoms with Crippen molar-refractivity contribution in [2.45, 2.75) is 47.9 Å². The van der Waals surface area contributed by atoms with E-state index in [0.717, 1.165) is 24.8 Å². The third kappa shape index (κ3) is 3.87. The largest absolute Gasteiger partial charge is 0.243 e. The Morgan fingerprint density at radius 2 is 1.50 bits per heavy atom. The molecule has 0 aromatic heterocycles. The molecule has 0 atom stereocenters. The number of aryl methyl sites for hydroxylation is 2. The van der Waals surface area contributed by atoms with E-state index in [9.17, 15) is 16.8 Å². The first-order valence-electron chi connectivity index (χ1n) is 9.56. The highest BCUT2D eigenvalue weighted by Crippen LogP contribution is 2.27. The van der Waals surface area contributed by atoms with E-state index in [-0.39, 0.29) is 10.9 Å². The van der Waals surface area contributed by atoms with E-state index in [4.69, 9.17) is 0 Å². The Hall–Kier alpha value is -1.74. The zero-order chi connectivity index (χ0) is 19.8. The Kier molecular flexibility index (Phi) is 5.30. The highest BCUT2D eigenvalue weighted by molar-refractivity contribution is 7.89. The Bertz CT molecular complexity index is 1060. The maximum Gasteiger partial charge on any atom is 0.243 e. The average molecular weight is 421 g/mol. The molecule has 1 N–H and O–H groups in total. The summed E-state index contributed by atoms with van der Waals surface area (Å²) in [5.41, 5.74) is 2.37. The van der Waals surface area contributed by atoms with E-state index in [2.05, 4.69) is 4.72 Å². The van der Waals surface area contributed by atoms with E-state index in [0.29, 0.717) is 30.8 Å². The first-order chi connectivity index (χ1) is 13.4. The fraction of sp³-hybridized carbons (Fsp3) is 0.400. The molecular formula is C20H24N2O4S2. The monoisotopic (exact) mass is 420 g/mol. The van der Waals surface area contributed by atoms with Gasteiger partial charge in [-0.25, -0.2) is 21.6 Å². The normalized spacial score (nSPS) is 18.9. The molecule has 28 heavy (non-hydrogen) atoms. The summed E-state index contributed by atoms with van der Waals surface area (Å²) < 4.78 is 55.1. The second kappa shape index (κ2) is 7.59. The second-order valence-electron chi connectivity index (χ2n) is 7.40. The first-order valence-corrected chi connectivity index (χ1v) is 12.5. The molecule has 6 nitrogen and oxygen atoms in total. The van der Waals surface area contributed by atoms with E-state index < -0.39 is 20.0 Å². The molecule has 1 saturated heterocycles. The van der Waals surface area contributed by atoms with Crippen LogP contribution in [0.5, 0.6) is 0 Å². The van der Waals surface area contributed by atoms with Gasteiger partial charge in [0.05, 0.1) is 9.79 Å². The first kappa shape index (κ1) is 19.6. The SMILES string of the molecule is O=S(=O)(NC1CCN(S(=O)(=O)c2ccc3c(c2)CCC3)CC1)c1ccccc1. The zero-order valence-electron chi connectivity index (χ0n) is 15.5. The lowest BCUT2D eigenvalue weighted by Crippen LogP contribution is -2.46. The van der Waals surface area contributed by atoms with Gasteiger partial charge in [-0.2, -0.15) is 4.31 Å². The number of benzene rings is 2. The number of nitrogens with one attached hydrogen (secondary N) is 1. The van der Waals surface area contributed by atoms with Crippen molar-refractivity contribution < 1.29 is 16.8 Å². The van der Waals surface area contributed by atoms with Gasteiger partial charge in [-0.15, -0.1) is 0 Å². The second-order valence-corrected chi connectivity index (χ2v) is 11.0. The zero-order valence-corrected chi connectivity index (χ0v) is 17.2. The third-order valence-electron chi connectivity index (χ3n) is 5.54. The topological polar surface area (TPSA) is 83.6 Å². The molecule has 0 saturated carbocycles. The molecule has 8 heteroatoms. The van der Waals surface area contributed by atoms with Gasteiger partial charge in [-0.05, 0) is 67.5 Å². The molecule has 2 aromatic rings. The minimum Gasteiger partial charge on any atom is -0.208 e.